The van der Waals surface area contributed by atoms with Gasteiger partial charge in [0.1, 0.15) is 6.04 Å². The average Bonchev–Trinajstić information content (AvgIpc) is 2.03. The summed E-state index contributed by atoms with van der Waals surface area (Å²) in [5.41, 5.74) is -0.0243. The van der Waals surface area contributed by atoms with Gasteiger partial charge in [0.2, 0.25) is 0 Å². The van der Waals surface area contributed by atoms with E-state index in [2.05, 4.69) is 25.7 Å². The number of hydrogen-bond acceptors (Lipinski definition) is 2. The lowest BCUT2D eigenvalue weighted by Crippen LogP contribution is -2.53. The van der Waals surface area contributed by atoms with Crippen molar-refractivity contribution in [3.8, 4) is 0 Å². The highest BCUT2D eigenvalue weighted by Crippen LogP contribution is 2.25. The Hall–Kier alpha value is -0.570. The molecule has 1 rings (SSSR count). The highest BCUT2D eigenvalue weighted by molar-refractivity contribution is 5.73. The summed E-state index contributed by atoms with van der Waals surface area (Å²) in [6, 6.07) is -0.270. The van der Waals surface area contributed by atoms with Crippen molar-refractivity contribution in [2.75, 3.05) is 6.54 Å². The number of piperidine rings is 1. The van der Waals surface area contributed by atoms with Gasteiger partial charge in [0.25, 0.3) is 0 Å². The molecule has 0 saturated carbocycles. The summed E-state index contributed by atoms with van der Waals surface area (Å²) in [6.45, 7) is 7.15. The van der Waals surface area contributed by atoms with E-state index in [0.29, 0.717) is 0 Å². The van der Waals surface area contributed by atoms with Gasteiger partial charge in [-0.15, -0.1) is 0 Å². The zero-order valence-electron chi connectivity index (χ0n) is 8.71. The average molecular weight is 201 g/mol. The Morgan fingerprint density at radius 2 is 1.93 bits per heavy atom. The van der Waals surface area contributed by atoms with E-state index >= 15 is 0 Å². The lowest BCUT2D eigenvalue weighted by molar-refractivity contribution is -0.147. The molecule has 1 aliphatic heterocycles. The van der Waals surface area contributed by atoms with E-state index in [-0.39, 0.29) is 19.0 Å². The minimum Gasteiger partial charge on any atom is -0.480 e. The fourth-order valence-electron chi connectivity index (χ4n) is 1.99. The third-order valence-corrected chi connectivity index (χ3v) is 2.65. The van der Waals surface area contributed by atoms with Crippen LogP contribution in [0.5, 0.6) is 0 Å². The van der Waals surface area contributed by atoms with Crippen molar-refractivity contribution in [2.24, 2.45) is 0 Å². The highest BCUT2D eigenvalue weighted by atomic mass is 16.4. The number of carboxylic acid groups (broad SMARTS) is 1. The molecule has 3 nitrogen and oxygen atoms in total. The molecule has 1 N–H and O–H groups in total. The molecular formula is C11H23NO2. The minimum absolute atomic E-state index is 0. The van der Waals surface area contributed by atoms with Crippen LogP contribution in [0.15, 0.2) is 0 Å². The van der Waals surface area contributed by atoms with Crippen LogP contribution in [0.2, 0.25) is 0 Å². The normalized spacial score (nSPS) is 24.1. The van der Waals surface area contributed by atoms with E-state index < -0.39 is 5.97 Å². The molecule has 0 aliphatic carbocycles. The maximum Gasteiger partial charge on any atom is 0.320 e. The van der Waals surface area contributed by atoms with Crippen LogP contribution < -0.4 is 0 Å². The summed E-state index contributed by atoms with van der Waals surface area (Å²) in [7, 11) is 0. The van der Waals surface area contributed by atoms with Crippen LogP contribution in [0.3, 0.4) is 0 Å². The zero-order valence-corrected chi connectivity index (χ0v) is 8.71. The largest absolute Gasteiger partial charge is 0.480 e. The number of rotatable bonds is 1. The lowest BCUT2D eigenvalue weighted by Gasteiger charge is -2.42. The van der Waals surface area contributed by atoms with Gasteiger partial charge in [-0.1, -0.05) is 13.8 Å². The molecule has 1 saturated heterocycles. The highest BCUT2D eigenvalue weighted by Gasteiger charge is 2.34. The molecule has 84 valence electrons. The molecule has 0 aromatic carbocycles. The third-order valence-electron chi connectivity index (χ3n) is 2.65. The maximum atomic E-state index is 11.0. The van der Waals surface area contributed by atoms with Gasteiger partial charge in [0.15, 0.2) is 0 Å². The van der Waals surface area contributed by atoms with E-state index in [1.165, 1.54) is 0 Å². The summed E-state index contributed by atoms with van der Waals surface area (Å²) >= 11 is 0. The summed E-state index contributed by atoms with van der Waals surface area (Å²) in [4.78, 5) is 13.1. The van der Waals surface area contributed by atoms with Crippen molar-refractivity contribution >= 4 is 5.97 Å². The number of carboxylic acids is 1. The van der Waals surface area contributed by atoms with Crippen LogP contribution in [-0.2, 0) is 4.79 Å². The molecular weight excluding hydrogens is 178 g/mol. The quantitative estimate of drug-likeness (QED) is 0.708. The lowest BCUT2D eigenvalue weighted by atomic mass is 9.95. The Balaban J connectivity index is 0.00000169. The molecule has 1 atom stereocenters. The molecule has 14 heavy (non-hydrogen) atoms. The van der Waals surface area contributed by atoms with Gasteiger partial charge in [-0.2, -0.15) is 0 Å². The molecule has 1 aliphatic rings. The molecule has 0 amide bonds. The third kappa shape index (κ3) is 2.98. The van der Waals surface area contributed by atoms with Crippen molar-refractivity contribution in [3.05, 3.63) is 0 Å². The van der Waals surface area contributed by atoms with Gasteiger partial charge in [-0.25, -0.2) is 0 Å². The first-order valence-electron chi connectivity index (χ1n) is 4.92. The van der Waals surface area contributed by atoms with Gasteiger partial charge >= 0.3 is 5.97 Å². The van der Waals surface area contributed by atoms with E-state index in [1.54, 1.807) is 0 Å². The van der Waals surface area contributed by atoms with Crippen LogP contribution in [0.4, 0.5) is 0 Å². The smallest absolute Gasteiger partial charge is 0.320 e. The first-order valence-corrected chi connectivity index (χ1v) is 4.92. The SMILES string of the molecule is C.CC(C)(C)N1CCCCC1C(=O)O. The van der Waals surface area contributed by atoms with Crippen molar-refractivity contribution in [3.63, 3.8) is 0 Å². The number of nitrogens with zero attached hydrogens (tertiary/aromatic N) is 1. The number of carbonyl (C=O) groups is 1. The van der Waals surface area contributed by atoms with Crippen molar-refractivity contribution < 1.29 is 9.90 Å². The van der Waals surface area contributed by atoms with Crippen molar-refractivity contribution in [1.29, 1.82) is 0 Å². The molecule has 1 fully saturated rings. The van der Waals surface area contributed by atoms with Gasteiger partial charge < -0.3 is 5.11 Å². The van der Waals surface area contributed by atoms with Crippen molar-refractivity contribution in [1.82, 2.24) is 4.90 Å². The predicted octanol–water partition coefficient (Wildman–Crippen LogP) is 2.36. The number of hydrogen-bond donors (Lipinski definition) is 1. The summed E-state index contributed by atoms with van der Waals surface area (Å²) < 4.78 is 0. The van der Waals surface area contributed by atoms with Crippen LogP contribution in [0.1, 0.15) is 47.5 Å². The van der Waals surface area contributed by atoms with E-state index in [1.807, 2.05) is 0 Å². The Bertz CT molecular complexity index is 196. The number of likely N-dealkylation sites (tertiary alicyclic amines) is 1. The van der Waals surface area contributed by atoms with Gasteiger partial charge in [0.05, 0.1) is 0 Å². The molecule has 0 radical (unpaired) electrons. The molecule has 0 bridgehead atoms. The summed E-state index contributed by atoms with van der Waals surface area (Å²) in [5.74, 6) is -0.672. The Morgan fingerprint density at radius 3 is 2.29 bits per heavy atom. The first kappa shape index (κ1) is 13.4. The molecule has 3 heteroatoms. The van der Waals surface area contributed by atoms with Gasteiger partial charge in [-0.05, 0) is 40.2 Å². The Labute approximate surface area is 87.1 Å². The van der Waals surface area contributed by atoms with Crippen LogP contribution in [-0.4, -0.2) is 34.1 Å². The molecule has 1 heterocycles. The van der Waals surface area contributed by atoms with Gasteiger partial charge in [0, 0.05) is 5.54 Å². The monoisotopic (exact) mass is 201 g/mol. The predicted molar refractivity (Wildman–Crippen MR) is 58.5 cm³/mol. The van der Waals surface area contributed by atoms with E-state index in [9.17, 15) is 4.79 Å². The first-order chi connectivity index (χ1) is 5.93. The Kier molecular flexibility index (Phi) is 4.59. The second kappa shape index (κ2) is 4.78. The van der Waals surface area contributed by atoms with E-state index in [0.717, 1.165) is 25.8 Å². The van der Waals surface area contributed by atoms with Crippen LogP contribution in [0.25, 0.3) is 0 Å². The molecule has 0 aromatic heterocycles. The fraction of sp³-hybridized carbons (Fsp3) is 0.909. The second-order valence-corrected chi connectivity index (χ2v) is 4.71. The number of aliphatic carboxylic acids is 1. The maximum absolute atomic E-state index is 11.0. The van der Waals surface area contributed by atoms with Crippen LogP contribution in [0, 0.1) is 0 Å². The Morgan fingerprint density at radius 1 is 1.36 bits per heavy atom. The summed E-state index contributed by atoms with van der Waals surface area (Å²) in [5, 5.41) is 9.03. The standard InChI is InChI=1S/C10H19NO2.CH4/c1-10(2,3)11-7-5-4-6-8(11)9(12)13;/h8H,4-7H2,1-3H3,(H,12,13);1H4. The van der Waals surface area contributed by atoms with Crippen LogP contribution >= 0.6 is 0 Å². The van der Waals surface area contributed by atoms with E-state index in [4.69, 9.17) is 5.11 Å². The van der Waals surface area contributed by atoms with Gasteiger partial charge in [-0.3, -0.25) is 9.69 Å². The summed E-state index contributed by atoms with van der Waals surface area (Å²) in [6.07, 6.45) is 2.97. The minimum atomic E-state index is -0.672. The molecule has 0 aromatic rings. The second-order valence-electron chi connectivity index (χ2n) is 4.71. The topological polar surface area (TPSA) is 40.5 Å². The van der Waals surface area contributed by atoms with Crippen molar-refractivity contribution in [2.45, 2.75) is 59.0 Å². The zero-order chi connectivity index (χ0) is 10.1. The fourth-order valence-corrected chi connectivity index (χ4v) is 1.99. The molecule has 1 unspecified atom stereocenters. The molecule has 0 spiro atoms.